The summed E-state index contributed by atoms with van der Waals surface area (Å²) in [4.78, 5) is 25.5. The molecule has 2 N–H and O–H groups in total. The van der Waals surface area contributed by atoms with Gasteiger partial charge in [-0.2, -0.15) is 21.0 Å². The van der Waals surface area contributed by atoms with E-state index in [-0.39, 0.29) is 22.5 Å². The van der Waals surface area contributed by atoms with Crippen molar-refractivity contribution in [3.05, 3.63) is 118 Å². The Labute approximate surface area is 259 Å². The molecule has 0 atom stereocenters. The number of hydrogen-bond donors (Lipinski definition) is 2. The van der Waals surface area contributed by atoms with Crippen molar-refractivity contribution in [1.82, 2.24) is 9.13 Å². The minimum absolute atomic E-state index is 0.152. The average Bonchev–Trinajstić information content (AvgIpc) is 3.58. The zero-order valence-electron chi connectivity index (χ0n) is 23.5. The summed E-state index contributed by atoms with van der Waals surface area (Å²) in [5, 5.41) is 61.6. The molecule has 214 valence electrons. The molecule has 10 nitrogen and oxygen atoms in total. The lowest BCUT2D eigenvalue weighted by atomic mass is 10.0. The van der Waals surface area contributed by atoms with Gasteiger partial charge in [0, 0.05) is 21.5 Å². The van der Waals surface area contributed by atoms with Gasteiger partial charge in [0.1, 0.15) is 0 Å². The van der Waals surface area contributed by atoms with Gasteiger partial charge in [0.25, 0.3) is 0 Å². The van der Waals surface area contributed by atoms with Gasteiger partial charge < -0.3 is 19.3 Å². The summed E-state index contributed by atoms with van der Waals surface area (Å²) in [6.07, 6.45) is 0. The lowest BCUT2D eigenvalue weighted by Crippen LogP contribution is -2.13. The minimum atomic E-state index is -1.36. The second-order valence-electron chi connectivity index (χ2n) is 10.5. The predicted molar refractivity (Wildman–Crippen MR) is 168 cm³/mol. The highest BCUT2D eigenvalue weighted by Crippen LogP contribution is 2.39. The molecule has 10 heteroatoms. The van der Waals surface area contributed by atoms with Gasteiger partial charge in [-0.15, -0.1) is 0 Å². The zero-order chi connectivity index (χ0) is 32.3. The van der Waals surface area contributed by atoms with E-state index in [9.17, 15) is 40.8 Å². The number of benzene rings is 5. The quantitative estimate of drug-likeness (QED) is 0.223. The number of hydrogen-bond acceptors (Lipinski definition) is 6. The number of carbonyl (C=O) groups is 2. The Balaban J connectivity index is 1.67. The van der Waals surface area contributed by atoms with Crippen molar-refractivity contribution in [2.24, 2.45) is 0 Å². The van der Waals surface area contributed by atoms with E-state index in [4.69, 9.17) is 0 Å². The van der Waals surface area contributed by atoms with Crippen molar-refractivity contribution in [3.8, 4) is 35.7 Å². The van der Waals surface area contributed by atoms with Crippen LogP contribution in [0, 0.1) is 45.3 Å². The maximum Gasteiger partial charge on any atom is 0.337 e. The van der Waals surface area contributed by atoms with Crippen LogP contribution in [0.4, 0.5) is 0 Å². The summed E-state index contributed by atoms with van der Waals surface area (Å²) in [6.45, 7) is 0. The summed E-state index contributed by atoms with van der Waals surface area (Å²) >= 11 is 0. The molecular weight excluding hydrogens is 580 g/mol. The van der Waals surface area contributed by atoms with Gasteiger partial charge in [-0.25, -0.2) is 9.59 Å². The Morgan fingerprint density at radius 2 is 0.739 bits per heavy atom. The summed E-state index contributed by atoms with van der Waals surface area (Å²) in [6, 6.07) is 30.8. The second-order valence-corrected chi connectivity index (χ2v) is 10.5. The highest BCUT2D eigenvalue weighted by atomic mass is 16.4. The van der Waals surface area contributed by atoms with Gasteiger partial charge in [0.2, 0.25) is 0 Å². The van der Waals surface area contributed by atoms with Gasteiger partial charge in [-0.05, 0) is 84.9 Å². The van der Waals surface area contributed by atoms with Crippen LogP contribution in [0.2, 0.25) is 0 Å². The van der Waals surface area contributed by atoms with Crippen LogP contribution in [0.25, 0.3) is 55.0 Å². The molecule has 46 heavy (non-hydrogen) atoms. The van der Waals surface area contributed by atoms with E-state index in [0.29, 0.717) is 65.9 Å². The van der Waals surface area contributed by atoms with Gasteiger partial charge in [0.15, 0.2) is 0 Å². The number of carboxylic acid groups (broad SMARTS) is 2. The van der Waals surface area contributed by atoms with E-state index < -0.39 is 11.9 Å². The Morgan fingerprint density at radius 3 is 0.978 bits per heavy atom. The Kier molecular flexibility index (Phi) is 6.03. The van der Waals surface area contributed by atoms with Crippen molar-refractivity contribution < 1.29 is 19.8 Å². The lowest BCUT2D eigenvalue weighted by Gasteiger charge is -2.18. The first-order valence-corrected chi connectivity index (χ1v) is 13.7. The minimum Gasteiger partial charge on any atom is -0.478 e. The van der Waals surface area contributed by atoms with Crippen LogP contribution < -0.4 is 0 Å². The van der Waals surface area contributed by atoms with Crippen LogP contribution >= 0.6 is 0 Å². The summed E-state index contributed by atoms with van der Waals surface area (Å²) in [5.41, 5.74) is 3.38. The standard InChI is InChI=1S/C36H16N6O4/c37-15-19-1-5-29-23(9-19)24-10-20(16-38)2-6-30(24)41(29)33-14-34(28(36(45)46)13-27(33)35(43)44)42-31-7-3-21(17-39)11-25(31)26-12-22(18-40)4-8-32(26)42/h1-14H,(H,43,44)(H,45,46). The molecule has 0 aliphatic heterocycles. The third-order valence-electron chi connectivity index (χ3n) is 8.10. The molecule has 0 aliphatic rings. The molecule has 0 spiro atoms. The van der Waals surface area contributed by atoms with Gasteiger partial charge >= 0.3 is 11.9 Å². The van der Waals surface area contributed by atoms with Crippen LogP contribution in [0.5, 0.6) is 0 Å². The van der Waals surface area contributed by atoms with E-state index in [1.54, 1.807) is 81.9 Å². The number of aromatic carboxylic acids is 2. The predicted octanol–water partition coefficient (Wildman–Crippen LogP) is 6.76. The molecule has 0 amide bonds. The largest absolute Gasteiger partial charge is 0.478 e. The van der Waals surface area contributed by atoms with Crippen LogP contribution in [-0.4, -0.2) is 31.3 Å². The van der Waals surface area contributed by atoms with Crippen molar-refractivity contribution in [3.63, 3.8) is 0 Å². The van der Waals surface area contributed by atoms with Crippen LogP contribution in [0.3, 0.4) is 0 Å². The number of nitrogens with zero attached hydrogens (tertiary/aromatic N) is 6. The van der Waals surface area contributed by atoms with Crippen molar-refractivity contribution in [2.75, 3.05) is 0 Å². The third-order valence-corrected chi connectivity index (χ3v) is 8.10. The second kappa shape index (κ2) is 10.1. The van der Waals surface area contributed by atoms with E-state index in [0.717, 1.165) is 6.07 Å². The van der Waals surface area contributed by atoms with Crippen LogP contribution in [0.1, 0.15) is 43.0 Å². The number of fused-ring (bicyclic) bond motifs is 6. The van der Waals surface area contributed by atoms with Crippen molar-refractivity contribution in [2.45, 2.75) is 0 Å². The number of aromatic nitrogens is 2. The molecule has 0 saturated heterocycles. The van der Waals surface area contributed by atoms with Gasteiger partial charge in [-0.3, -0.25) is 0 Å². The lowest BCUT2D eigenvalue weighted by molar-refractivity contribution is 0.0696. The highest BCUT2D eigenvalue weighted by Gasteiger charge is 2.26. The monoisotopic (exact) mass is 596 g/mol. The Hall–Kier alpha value is -7.40. The van der Waals surface area contributed by atoms with Crippen LogP contribution in [-0.2, 0) is 0 Å². The van der Waals surface area contributed by atoms with E-state index in [1.807, 2.05) is 0 Å². The number of nitriles is 4. The maximum absolute atomic E-state index is 12.8. The van der Waals surface area contributed by atoms with E-state index in [2.05, 4.69) is 24.3 Å². The van der Waals surface area contributed by atoms with E-state index >= 15 is 0 Å². The van der Waals surface area contributed by atoms with Crippen molar-refractivity contribution in [1.29, 1.82) is 21.0 Å². The Morgan fingerprint density at radius 1 is 0.457 bits per heavy atom. The first kappa shape index (κ1) is 27.4. The molecule has 0 unspecified atom stereocenters. The normalized spacial score (nSPS) is 10.9. The Bertz CT molecular complexity index is 2380. The first-order valence-electron chi connectivity index (χ1n) is 13.7. The molecular formula is C36H16N6O4. The molecule has 0 saturated carbocycles. The summed E-state index contributed by atoms with van der Waals surface area (Å²) in [5.74, 6) is -2.72. The molecule has 0 bridgehead atoms. The van der Waals surface area contributed by atoms with E-state index in [1.165, 1.54) is 6.07 Å². The third kappa shape index (κ3) is 3.93. The first-order chi connectivity index (χ1) is 22.3. The maximum atomic E-state index is 12.8. The SMILES string of the molecule is N#Cc1ccc2c(c1)c1cc(C#N)ccc1n2-c1cc(-n2c3ccc(C#N)cc3c3cc(C#N)ccc32)c(C(=O)O)cc1C(=O)O. The highest BCUT2D eigenvalue weighted by molar-refractivity contribution is 6.13. The molecule has 7 aromatic rings. The van der Waals surface area contributed by atoms with Crippen molar-refractivity contribution >= 4 is 55.6 Å². The number of rotatable bonds is 4. The fourth-order valence-corrected chi connectivity index (χ4v) is 6.13. The molecule has 0 radical (unpaired) electrons. The molecule has 0 fully saturated rings. The smallest absolute Gasteiger partial charge is 0.337 e. The van der Waals surface area contributed by atoms with Gasteiger partial charge in [-0.1, -0.05) is 0 Å². The van der Waals surface area contributed by atoms with Gasteiger partial charge in [0.05, 0.1) is 91.1 Å². The topological polar surface area (TPSA) is 180 Å². The summed E-state index contributed by atoms with van der Waals surface area (Å²) in [7, 11) is 0. The zero-order valence-corrected chi connectivity index (χ0v) is 23.5. The molecule has 2 aromatic heterocycles. The fraction of sp³-hybridized carbons (Fsp3) is 0. The number of carboxylic acids is 2. The molecule has 7 rings (SSSR count). The molecule has 0 aliphatic carbocycles. The molecule has 2 heterocycles. The van der Waals surface area contributed by atoms with Crippen LogP contribution in [0.15, 0.2) is 84.9 Å². The molecule has 5 aromatic carbocycles. The summed E-state index contributed by atoms with van der Waals surface area (Å²) < 4.78 is 3.36. The fourth-order valence-electron chi connectivity index (χ4n) is 6.13. The average molecular weight is 597 g/mol.